The van der Waals surface area contributed by atoms with Crippen molar-refractivity contribution in [3.05, 3.63) is 37.0 Å². The molecule has 0 aromatic rings. The molecule has 0 spiro atoms. The van der Waals surface area contributed by atoms with Crippen molar-refractivity contribution < 1.29 is 9.53 Å². The summed E-state index contributed by atoms with van der Waals surface area (Å²) in [5.41, 5.74) is 0. The van der Waals surface area contributed by atoms with Crippen LogP contribution in [0.1, 0.15) is 25.7 Å². The molecule has 1 aliphatic rings. The van der Waals surface area contributed by atoms with Gasteiger partial charge in [-0.05, 0) is 31.6 Å². The molecule has 3 heteroatoms. The molecule has 1 aliphatic carbocycles. The predicted octanol–water partition coefficient (Wildman–Crippen LogP) is 3.20. The molecule has 0 aromatic heterocycles. The van der Waals surface area contributed by atoms with Crippen LogP contribution in [0.5, 0.6) is 0 Å². The minimum atomic E-state index is -0.361. The van der Waals surface area contributed by atoms with Crippen LogP contribution in [0.4, 0.5) is 4.79 Å². The SMILES string of the molecule is C=CCCOC(=O)NC/C=C/C1CC=CCC1. The Morgan fingerprint density at radius 3 is 3.12 bits per heavy atom. The van der Waals surface area contributed by atoms with E-state index in [1.807, 2.05) is 6.08 Å². The van der Waals surface area contributed by atoms with Crippen molar-refractivity contribution in [1.82, 2.24) is 5.32 Å². The standard InChI is InChI=1S/C14H21NO2/c1-2-3-12-17-14(16)15-11-7-10-13-8-5-4-6-9-13/h2,4-5,7,10,13H,1,3,6,8-9,11-12H2,(H,15,16)/b10-7+. The van der Waals surface area contributed by atoms with Crippen LogP contribution in [0, 0.1) is 5.92 Å². The van der Waals surface area contributed by atoms with E-state index in [4.69, 9.17) is 4.74 Å². The molecule has 1 N–H and O–H groups in total. The molecule has 0 aliphatic heterocycles. The minimum absolute atomic E-state index is 0.361. The molecule has 1 unspecified atom stereocenters. The molecule has 1 rings (SSSR count). The van der Waals surface area contributed by atoms with Gasteiger partial charge in [-0.15, -0.1) is 6.58 Å². The van der Waals surface area contributed by atoms with Crippen LogP contribution in [0.25, 0.3) is 0 Å². The maximum Gasteiger partial charge on any atom is 0.407 e. The number of hydrogen-bond donors (Lipinski definition) is 1. The normalized spacial score (nSPS) is 19.2. The largest absolute Gasteiger partial charge is 0.449 e. The van der Waals surface area contributed by atoms with Gasteiger partial charge in [-0.1, -0.05) is 30.4 Å². The number of hydrogen-bond acceptors (Lipinski definition) is 2. The maximum atomic E-state index is 11.2. The molecule has 0 heterocycles. The Hall–Kier alpha value is -1.51. The van der Waals surface area contributed by atoms with Gasteiger partial charge in [0, 0.05) is 6.54 Å². The number of allylic oxidation sites excluding steroid dienone is 3. The van der Waals surface area contributed by atoms with Gasteiger partial charge in [-0.3, -0.25) is 0 Å². The molecule has 0 aromatic carbocycles. The summed E-state index contributed by atoms with van der Waals surface area (Å²) in [6.45, 7) is 4.49. The predicted molar refractivity (Wildman–Crippen MR) is 69.8 cm³/mol. The van der Waals surface area contributed by atoms with E-state index in [-0.39, 0.29) is 6.09 Å². The number of carbonyl (C=O) groups excluding carboxylic acids is 1. The molecule has 1 amide bonds. The third-order valence-corrected chi connectivity index (χ3v) is 2.64. The van der Waals surface area contributed by atoms with Gasteiger partial charge >= 0.3 is 6.09 Å². The Bertz CT molecular complexity index is 295. The molecule has 0 bridgehead atoms. The Morgan fingerprint density at radius 2 is 2.41 bits per heavy atom. The first-order valence-corrected chi connectivity index (χ1v) is 6.16. The molecule has 0 saturated carbocycles. The molecule has 0 radical (unpaired) electrons. The quantitative estimate of drug-likeness (QED) is 0.567. The van der Waals surface area contributed by atoms with E-state index in [1.165, 1.54) is 6.42 Å². The van der Waals surface area contributed by atoms with Crippen LogP contribution >= 0.6 is 0 Å². The van der Waals surface area contributed by atoms with Gasteiger partial charge in [0.1, 0.15) is 0 Å². The van der Waals surface area contributed by atoms with E-state index in [2.05, 4.69) is 30.1 Å². The first-order valence-electron chi connectivity index (χ1n) is 6.16. The van der Waals surface area contributed by atoms with E-state index in [0.29, 0.717) is 25.5 Å². The highest BCUT2D eigenvalue weighted by atomic mass is 16.5. The number of ether oxygens (including phenoxy) is 1. The average Bonchev–Trinajstić information content (AvgIpc) is 2.36. The van der Waals surface area contributed by atoms with E-state index in [1.54, 1.807) is 6.08 Å². The minimum Gasteiger partial charge on any atom is -0.449 e. The molecule has 94 valence electrons. The van der Waals surface area contributed by atoms with Gasteiger partial charge in [0.25, 0.3) is 0 Å². The molecule has 0 fully saturated rings. The van der Waals surface area contributed by atoms with Crippen molar-refractivity contribution >= 4 is 6.09 Å². The lowest BCUT2D eigenvalue weighted by Gasteiger charge is -2.12. The van der Waals surface area contributed by atoms with Crippen molar-refractivity contribution in [2.24, 2.45) is 5.92 Å². The topological polar surface area (TPSA) is 38.3 Å². The van der Waals surface area contributed by atoms with E-state index >= 15 is 0 Å². The fourth-order valence-electron chi connectivity index (χ4n) is 1.68. The van der Waals surface area contributed by atoms with Gasteiger partial charge in [0.15, 0.2) is 0 Å². The summed E-state index contributed by atoms with van der Waals surface area (Å²) in [5.74, 6) is 0.624. The fraction of sp³-hybridized carbons (Fsp3) is 0.500. The lowest BCUT2D eigenvalue weighted by molar-refractivity contribution is 0.149. The molecule has 1 atom stereocenters. The Kier molecular flexibility index (Phi) is 6.87. The monoisotopic (exact) mass is 235 g/mol. The number of nitrogens with one attached hydrogen (secondary N) is 1. The maximum absolute atomic E-state index is 11.2. The van der Waals surface area contributed by atoms with Gasteiger partial charge in [0.2, 0.25) is 0 Å². The summed E-state index contributed by atoms with van der Waals surface area (Å²) in [6.07, 6.45) is 14.1. The number of rotatable bonds is 6. The summed E-state index contributed by atoms with van der Waals surface area (Å²) < 4.78 is 4.91. The molecule has 3 nitrogen and oxygen atoms in total. The Labute approximate surface area is 103 Å². The zero-order chi connectivity index (χ0) is 12.3. The number of amides is 1. The molecule has 0 saturated heterocycles. The van der Waals surface area contributed by atoms with Crippen LogP contribution in [0.15, 0.2) is 37.0 Å². The average molecular weight is 235 g/mol. The molecular formula is C14H21NO2. The van der Waals surface area contributed by atoms with Crippen molar-refractivity contribution in [2.45, 2.75) is 25.7 Å². The highest BCUT2D eigenvalue weighted by molar-refractivity contribution is 5.67. The fourth-order valence-corrected chi connectivity index (χ4v) is 1.68. The van der Waals surface area contributed by atoms with Gasteiger partial charge in [-0.2, -0.15) is 0 Å². The highest BCUT2D eigenvalue weighted by Gasteiger charge is 2.05. The van der Waals surface area contributed by atoms with Crippen LogP contribution in [0.2, 0.25) is 0 Å². The van der Waals surface area contributed by atoms with E-state index < -0.39 is 0 Å². The Balaban J connectivity index is 2.05. The zero-order valence-corrected chi connectivity index (χ0v) is 10.2. The Morgan fingerprint density at radius 1 is 1.53 bits per heavy atom. The van der Waals surface area contributed by atoms with Gasteiger partial charge in [-0.25, -0.2) is 4.79 Å². The third-order valence-electron chi connectivity index (χ3n) is 2.64. The second-order valence-electron chi connectivity index (χ2n) is 4.07. The lowest BCUT2D eigenvalue weighted by Crippen LogP contribution is -2.24. The smallest absolute Gasteiger partial charge is 0.407 e. The van der Waals surface area contributed by atoms with E-state index in [0.717, 1.165) is 12.8 Å². The van der Waals surface area contributed by atoms with Crippen LogP contribution in [0.3, 0.4) is 0 Å². The summed E-state index contributed by atoms with van der Waals surface area (Å²) >= 11 is 0. The van der Waals surface area contributed by atoms with Crippen LogP contribution in [-0.2, 0) is 4.74 Å². The second kappa shape index (κ2) is 8.62. The van der Waals surface area contributed by atoms with Crippen molar-refractivity contribution in [2.75, 3.05) is 13.2 Å². The molecule has 17 heavy (non-hydrogen) atoms. The van der Waals surface area contributed by atoms with Gasteiger partial charge in [0.05, 0.1) is 6.61 Å². The summed E-state index contributed by atoms with van der Waals surface area (Å²) in [5, 5.41) is 2.68. The van der Waals surface area contributed by atoms with Crippen LogP contribution in [-0.4, -0.2) is 19.2 Å². The lowest BCUT2D eigenvalue weighted by atomic mass is 9.94. The summed E-state index contributed by atoms with van der Waals surface area (Å²) in [6, 6.07) is 0. The first-order chi connectivity index (χ1) is 8.33. The van der Waals surface area contributed by atoms with Crippen LogP contribution < -0.4 is 5.32 Å². The second-order valence-corrected chi connectivity index (χ2v) is 4.07. The van der Waals surface area contributed by atoms with Gasteiger partial charge < -0.3 is 10.1 Å². The van der Waals surface area contributed by atoms with Crippen molar-refractivity contribution in [3.8, 4) is 0 Å². The summed E-state index contributed by atoms with van der Waals surface area (Å²) in [7, 11) is 0. The van der Waals surface area contributed by atoms with Crippen molar-refractivity contribution in [1.29, 1.82) is 0 Å². The zero-order valence-electron chi connectivity index (χ0n) is 10.2. The molecular weight excluding hydrogens is 214 g/mol. The van der Waals surface area contributed by atoms with Crippen molar-refractivity contribution in [3.63, 3.8) is 0 Å². The number of carbonyl (C=O) groups is 1. The third kappa shape index (κ3) is 6.61. The van der Waals surface area contributed by atoms with E-state index in [9.17, 15) is 4.79 Å². The summed E-state index contributed by atoms with van der Waals surface area (Å²) in [4.78, 5) is 11.2. The highest BCUT2D eigenvalue weighted by Crippen LogP contribution is 2.18. The first kappa shape index (κ1) is 13.6. The number of alkyl carbamates (subject to hydrolysis) is 1.